The second-order valence-corrected chi connectivity index (χ2v) is 11.4. The first-order valence-corrected chi connectivity index (χ1v) is 13.9. The molecule has 1 saturated carbocycles. The minimum absolute atomic E-state index is 0.0353. The Balaban J connectivity index is 1.26. The lowest BCUT2D eigenvalue weighted by atomic mass is 9.99. The molecule has 41 heavy (non-hydrogen) atoms. The van der Waals surface area contributed by atoms with E-state index in [2.05, 4.69) is 15.1 Å². The smallest absolute Gasteiger partial charge is 0.288 e. The summed E-state index contributed by atoms with van der Waals surface area (Å²) in [4.78, 5) is 29.7. The van der Waals surface area contributed by atoms with Crippen molar-refractivity contribution in [2.45, 2.75) is 57.7 Å². The number of alkyl halides is 2. The van der Waals surface area contributed by atoms with Gasteiger partial charge in [0.2, 0.25) is 5.91 Å². The number of hydrogen-bond donors (Lipinski definition) is 0. The molecule has 212 valence electrons. The van der Waals surface area contributed by atoms with Crippen molar-refractivity contribution < 1.29 is 18.0 Å². The number of aryl methyl sites for hydroxylation is 2. The van der Waals surface area contributed by atoms with Crippen molar-refractivity contribution >= 4 is 29.0 Å². The second-order valence-electron chi connectivity index (χ2n) is 11.0. The maximum atomic E-state index is 15.7. The van der Waals surface area contributed by atoms with Crippen LogP contribution in [0.2, 0.25) is 5.02 Å². The number of nitrogens with zero attached hydrogens (tertiary/aromatic N) is 8. The zero-order chi connectivity index (χ0) is 28.6. The van der Waals surface area contributed by atoms with Crippen LogP contribution >= 0.6 is 11.6 Å². The number of aromatic nitrogens is 6. The Hall–Kier alpha value is -3.93. The highest BCUT2D eigenvalue weighted by Gasteiger charge is 2.34. The molecular weight excluding hydrogens is 557 g/mol. The Labute approximate surface area is 238 Å². The van der Waals surface area contributed by atoms with Crippen LogP contribution in [-0.2, 0) is 30.2 Å². The third-order valence-electron chi connectivity index (χ3n) is 7.87. The van der Waals surface area contributed by atoms with Crippen LogP contribution < -0.4 is 9.80 Å². The van der Waals surface area contributed by atoms with Crippen molar-refractivity contribution in [2.75, 3.05) is 23.4 Å². The summed E-state index contributed by atoms with van der Waals surface area (Å²) in [5.74, 6) is -2.69. The van der Waals surface area contributed by atoms with Crippen LogP contribution in [0.1, 0.15) is 49.0 Å². The summed E-state index contributed by atoms with van der Waals surface area (Å²) in [5.41, 5.74) is 2.34. The Morgan fingerprint density at radius 3 is 2.73 bits per heavy atom. The molecule has 7 rings (SSSR count). The maximum Gasteiger partial charge on any atom is 0.288 e. The number of benzene rings is 1. The lowest BCUT2D eigenvalue weighted by Gasteiger charge is -2.34. The molecule has 1 aromatic carbocycles. The fourth-order valence-corrected chi connectivity index (χ4v) is 5.84. The molecule has 0 N–H and O–H groups in total. The number of rotatable bonds is 5. The van der Waals surface area contributed by atoms with Crippen LogP contribution in [0.4, 0.5) is 24.7 Å². The largest absolute Gasteiger partial charge is 0.341 e. The molecule has 13 heteroatoms. The van der Waals surface area contributed by atoms with Gasteiger partial charge >= 0.3 is 0 Å². The first-order chi connectivity index (χ1) is 19.6. The summed E-state index contributed by atoms with van der Waals surface area (Å²) < 4.78 is 47.2. The van der Waals surface area contributed by atoms with E-state index in [1.807, 2.05) is 10.7 Å². The summed E-state index contributed by atoms with van der Waals surface area (Å²) >= 11 is 6.48. The number of likely N-dealkylation sites (N-methyl/N-ethyl adjacent to an activating group) is 1. The Bertz CT molecular complexity index is 1710. The van der Waals surface area contributed by atoms with Crippen molar-refractivity contribution in [1.29, 1.82) is 0 Å². The van der Waals surface area contributed by atoms with E-state index in [-0.39, 0.29) is 42.1 Å². The summed E-state index contributed by atoms with van der Waals surface area (Å²) in [6, 6.07) is 3.52. The molecule has 5 heterocycles. The van der Waals surface area contributed by atoms with Gasteiger partial charge in [0, 0.05) is 33.3 Å². The molecule has 1 amide bonds. The Morgan fingerprint density at radius 2 is 1.98 bits per heavy atom. The van der Waals surface area contributed by atoms with Crippen LogP contribution in [0, 0.1) is 5.82 Å². The highest BCUT2D eigenvalue weighted by molar-refractivity contribution is 6.32. The second kappa shape index (κ2) is 9.30. The van der Waals surface area contributed by atoms with E-state index in [0.717, 1.165) is 19.8 Å². The molecule has 0 bridgehead atoms. The monoisotopic (exact) mass is 582 g/mol. The van der Waals surface area contributed by atoms with Gasteiger partial charge in [0.1, 0.15) is 28.7 Å². The quantitative estimate of drug-likeness (QED) is 0.314. The summed E-state index contributed by atoms with van der Waals surface area (Å²) in [7, 11) is 1.67. The van der Waals surface area contributed by atoms with E-state index >= 15 is 4.39 Å². The molecule has 3 aliphatic rings. The summed E-state index contributed by atoms with van der Waals surface area (Å²) in [5, 5.41) is 4.85. The Kier molecular flexibility index (Phi) is 5.90. The number of hydrogen-bond acceptors (Lipinski definition) is 6. The fraction of sp³-hybridized carbons (Fsp3) is 0.393. The topological polar surface area (TPSA) is 85.0 Å². The van der Waals surface area contributed by atoms with Crippen LogP contribution in [0.25, 0.3) is 22.9 Å². The van der Waals surface area contributed by atoms with Crippen molar-refractivity contribution in [3.63, 3.8) is 0 Å². The van der Waals surface area contributed by atoms with Gasteiger partial charge < -0.3 is 14.4 Å². The first-order valence-electron chi connectivity index (χ1n) is 13.5. The van der Waals surface area contributed by atoms with Crippen molar-refractivity contribution in [1.82, 2.24) is 29.3 Å². The van der Waals surface area contributed by atoms with E-state index in [0.29, 0.717) is 58.6 Å². The molecule has 1 aliphatic carbocycles. The minimum Gasteiger partial charge on any atom is -0.341 e. The van der Waals surface area contributed by atoms with Gasteiger partial charge in [-0.15, -0.1) is 0 Å². The molecule has 0 radical (unpaired) electrons. The van der Waals surface area contributed by atoms with Gasteiger partial charge in [0.25, 0.3) is 5.92 Å². The number of anilines is 2. The van der Waals surface area contributed by atoms with Gasteiger partial charge in [0.05, 0.1) is 35.6 Å². The van der Waals surface area contributed by atoms with E-state index in [1.54, 1.807) is 28.9 Å². The lowest BCUT2D eigenvalue weighted by molar-refractivity contribution is -0.117. The number of halogens is 4. The van der Waals surface area contributed by atoms with Crippen LogP contribution in [0.3, 0.4) is 0 Å². The molecule has 1 fully saturated rings. The fourth-order valence-electron chi connectivity index (χ4n) is 5.63. The predicted molar refractivity (Wildman–Crippen MR) is 147 cm³/mol. The highest BCUT2D eigenvalue weighted by atomic mass is 35.5. The van der Waals surface area contributed by atoms with Crippen molar-refractivity contribution in [2.24, 2.45) is 0 Å². The SMILES string of the molecule is CN1C(=O)CN(Cc2cc(F)c3c(c2)CCCn2cc(C(C)(F)F)nc2-3)c2nc(-c3c(Cl)cnn3C3CC3)ncc21. The van der Waals surface area contributed by atoms with Crippen LogP contribution in [0.15, 0.2) is 30.7 Å². The Morgan fingerprint density at radius 1 is 1.17 bits per heavy atom. The van der Waals surface area contributed by atoms with E-state index in [4.69, 9.17) is 16.6 Å². The third kappa shape index (κ3) is 4.44. The van der Waals surface area contributed by atoms with Gasteiger partial charge in [-0.2, -0.15) is 13.9 Å². The molecule has 3 aromatic heterocycles. The van der Waals surface area contributed by atoms with E-state index in [9.17, 15) is 13.6 Å². The standard InChI is InChI=1S/C28H26ClF3N8O/c1-28(31,32)21-13-38-7-3-4-16-8-15(9-19(30)23(16)27(38)35-21)12-39-14-22(41)37(2)20-11-33-25(36-26(20)39)24-18(29)10-34-40(24)17-5-6-17/h8-11,13,17H,3-7,12,14H2,1-2H3. The summed E-state index contributed by atoms with van der Waals surface area (Å²) in [6.07, 6.45) is 7.71. The molecule has 0 saturated heterocycles. The first kappa shape index (κ1) is 26.0. The molecule has 9 nitrogen and oxygen atoms in total. The van der Waals surface area contributed by atoms with Gasteiger partial charge in [-0.3, -0.25) is 9.48 Å². The van der Waals surface area contributed by atoms with Crippen LogP contribution in [-0.4, -0.2) is 48.8 Å². The predicted octanol–water partition coefficient (Wildman–Crippen LogP) is 5.37. The average Bonchev–Trinajstić information content (AvgIpc) is 3.60. The molecule has 4 aromatic rings. The van der Waals surface area contributed by atoms with Gasteiger partial charge in [-0.1, -0.05) is 17.7 Å². The van der Waals surface area contributed by atoms with Crippen molar-refractivity contribution in [3.8, 4) is 22.9 Å². The number of carbonyl (C=O) groups excluding carboxylic acids is 1. The summed E-state index contributed by atoms with van der Waals surface area (Å²) in [6.45, 7) is 1.48. The molecule has 0 spiro atoms. The zero-order valence-corrected chi connectivity index (χ0v) is 23.2. The third-order valence-corrected chi connectivity index (χ3v) is 8.14. The van der Waals surface area contributed by atoms with Gasteiger partial charge in [-0.05, 0) is 42.9 Å². The molecule has 0 unspecified atom stereocenters. The zero-order valence-electron chi connectivity index (χ0n) is 22.4. The minimum atomic E-state index is -3.13. The van der Waals surface area contributed by atoms with Crippen LogP contribution in [0.5, 0.6) is 0 Å². The van der Waals surface area contributed by atoms with Crippen molar-refractivity contribution in [3.05, 3.63) is 58.4 Å². The van der Waals surface area contributed by atoms with Gasteiger partial charge in [0.15, 0.2) is 11.6 Å². The maximum absolute atomic E-state index is 15.7. The average molecular weight is 583 g/mol. The molecule has 2 aliphatic heterocycles. The normalized spacial score (nSPS) is 16.9. The lowest BCUT2D eigenvalue weighted by Crippen LogP contribution is -2.44. The molecule has 0 atom stereocenters. The van der Waals surface area contributed by atoms with E-state index < -0.39 is 11.7 Å². The number of fused-ring (bicyclic) bond motifs is 4. The number of amides is 1. The van der Waals surface area contributed by atoms with Gasteiger partial charge in [-0.25, -0.2) is 19.3 Å². The van der Waals surface area contributed by atoms with E-state index in [1.165, 1.54) is 17.2 Å². The number of imidazole rings is 1. The number of carbonyl (C=O) groups is 1. The molecular formula is C28H26ClF3N8O. The highest BCUT2D eigenvalue weighted by Crippen LogP contribution is 2.41.